The highest BCUT2D eigenvalue weighted by Crippen LogP contribution is 2.32. The molecular formula is C22H31N5OS. The van der Waals surface area contributed by atoms with E-state index in [1.165, 1.54) is 11.1 Å². The molecule has 156 valence electrons. The number of thiazole rings is 1. The van der Waals surface area contributed by atoms with Crippen LogP contribution in [0.15, 0.2) is 18.2 Å². The summed E-state index contributed by atoms with van der Waals surface area (Å²) in [5, 5.41) is 5.23. The van der Waals surface area contributed by atoms with Crippen LogP contribution in [0.25, 0.3) is 10.2 Å². The van der Waals surface area contributed by atoms with Gasteiger partial charge in [0.25, 0.3) is 5.91 Å². The zero-order valence-electron chi connectivity index (χ0n) is 18.3. The first-order valence-electron chi connectivity index (χ1n) is 10.2. The fraction of sp³-hybridized carbons (Fsp3) is 0.500. The molecule has 0 saturated heterocycles. The molecule has 3 rings (SSSR count). The van der Waals surface area contributed by atoms with Crippen molar-refractivity contribution in [3.05, 3.63) is 40.7 Å². The van der Waals surface area contributed by atoms with Crippen molar-refractivity contribution in [3.8, 4) is 0 Å². The second-order valence-electron chi connectivity index (χ2n) is 7.51. The van der Waals surface area contributed by atoms with E-state index in [-0.39, 0.29) is 12.5 Å². The van der Waals surface area contributed by atoms with Crippen LogP contribution in [0.3, 0.4) is 0 Å². The summed E-state index contributed by atoms with van der Waals surface area (Å²) in [6, 6.07) is 6.22. The predicted molar refractivity (Wildman–Crippen MR) is 121 cm³/mol. The van der Waals surface area contributed by atoms with Crippen LogP contribution in [0.4, 0.5) is 5.13 Å². The van der Waals surface area contributed by atoms with Gasteiger partial charge in [-0.05, 0) is 64.0 Å². The van der Waals surface area contributed by atoms with E-state index < -0.39 is 0 Å². The fourth-order valence-corrected chi connectivity index (χ4v) is 4.55. The van der Waals surface area contributed by atoms with Crippen LogP contribution in [0.2, 0.25) is 0 Å². The van der Waals surface area contributed by atoms with Gasteiger partial charge < -0.3 is 4.90 Å². The number of rotatable bonds is 8. The number of aromatic nitrogens is 3. The van der Waals surface area contributed by atoms with Crippen molar-refractivity contribution < 1.29 is 4.79 Å². The molecule has 0 atom stereocenters. The highest BCUT2D eigenvalue weighted by molar-refractivity contribution is 7.22. The van der Waals surface area contributed by atoms with Gasteiger partial charge in [0.15, 0.2) is 5.13 Å². The van der Waals surface area contributed by atoms with Crippen LogP contribution < -0.4 is 4.90 Å². The van der Waals surface area contributed by atoms with Crippen molar-refractivity contribution in [2.45, 2.75) is 48.1 Å². The van der Waals surface area contributed by atoms with Crippen LogP contribution >= 0.6 is 11.3 Å². The zero-order chi connectivity index (χ0) is 21.1. The number of hydrogen-bond donors (Lipinski definition) is 0. The number of carbonyl (C=O) groups excluding carboxylic acids is 1. The minimum atomic E-state index is 0.0248. The molecule has 6 nitrogen and oxygen atoms in total. The Labute approximate surface area is 177 Å². The number of aryl methyl sites for hydroxylation is 4. The van der Waals surface area contributed by atoms with Gasteiger partial charge in [-0.3, -0.25) is 14.4 Å². The molecule has 0 unspecified atom stereocenters. The number of carbonyl (C=O) groups is 1. The van der Waals surface area contributed by atoms with Gasteiger partial charge in [0.1, 0.15) is 6.54 Å². The summed E-state index contributed by atoms with van der Waals surface area (Å²) in [6.45, 7) is 16.0. The Balaban J connectivity index is 1.92. The molecule has 0 radical (unpaired) electrons. The third kappa shape index (κ3) is 4.67. The van der Waals surface area contributed by atoms with E-state index in [2.05, 4.69) is 49.8 Å². The van der Waals surface area contributed by atoms with Gasteiger partial charge in [0.05, 0.1) is 15.9 Å². The summed E-state index contributed by atoms with van der Waals surface area (Å²) in [5.74, 6) is 0.0248. The van der Waals surface area contributed by atoms with Gasteiger partial charge >= 0.3 is 0 Å². The van der Waals surface area contributed by atoms with Crippen LogP contribution in [0.1, 0.15) is 36.4 Å². The Bertz CT molecular complexity index is 1000. The van der Waals surface area contributed by atoms with Gasteiger partial charge in [-0.2, -0.15) is 5.10 Å². The van der Waals surface area contributed by atoms with Crippen LogP contribution in [-0.4, -0.2) is 51.8 Å². The van der Waals surface area contributed by atoms with Gasteiger partial charge in [-0.25, -0.2) is 4.98 Å². The lowest BCUT2D eigenvalue weighted by Gasteiger charge is -2.24. The van der Waals surface area contributed by atoms with Crippen molar-refractivity contribution in [1.82, 2.24) is 19.7 Å². The second-order valence-corrected chi connectivity index (χ2v) is 8.52. The van der Waals surface area contributed by atoms with Crippen LogP contribution in [0, 0.1) is 27.7 Å². The molecule has 0 aliphatic heterocycles. The maximum atomic E-state index is 13.3. The van der Waals surface area contributed by atoms with Gasteiger partial charge in [0, 0.05) is 18.8 Å². The van der Waals surface area contributed by atoms with Crippen molar-refractivity contribution in [3.63, 3.8) is 0 Å². The highest BCUT2D eigenvalue weighted by atomic mass is 32.1. The summed E-state index contributed by atoms with van der Waals surface area (Å²) in [5.41, 5.74) is 5.32. The van der Waals surface area contributed by atoms with E-state index in [4.69, 9.17) is 4.98 Å². The summed E-state index contributed by atoms with van der Waals surface area (Å²) in [4.78, 5) is 22.3. The first kappa shape index (κ1) is 21.5. The Morgan fingerprint density at radius 2 is 1.83 bits per heavy atom. The number of hydrogen-bond acceptors (Lipinski definition) is 5. The average molecular weight is 414 g/mol. The molecule has 0 fully saturated rings. The largest absolute Gasteiger partial charge is 0.302 e. The third-order valence-corrected chi connectivity index (χ3v) is 6.57. The van der Waals surface area contributed by atoms with Gasteiger partial charge in [0.2, 0.25) is 0 Å². The lowest BCUT2D eigenvalue weighted by molar-refractivity contribution is -0.119. The maximum Gasteiger partial charge on any atom is 0.250 e. The minimum Gasteiger partial charge on any atom is -0.302 e. The van der Waals surface area contributed by atoms with Crippen molar-refractivity contribution in [1.29, 1.82) is 0 Å². The van der Waals surface area contributed by atoms with Gasteiger partial charge in [-0.15, -0.1) is 0 Å². The van der Waals surface area contributed by atoms with E-state index in [0.29, 0.717) is 6.54 Å². The number of anilines is 1. The first-order valence-corrected chi connectivity index (χ1v) is 11.1. The Morgan fingerprint density at radius 1 is 1.10 bits per heavy atom. The summed E-state index contributed by atoms with van der Waals surface area (Å²) in [6.07, 6.45) is 0. The van der Waals surface area contributed by atoms with E-state index in [1.807, 2.05) is 24.8 Å². The molecule has 0 N–H and O–H groups in total. The molecule has 0 spiro atoms. The fourth-order valence-electron chi connectivity index (χ4n) is 3.49. The highest BCUT2D eigenvalue weighted by Gasteiger charge is 2.22. The lowest BCUT2D eigenvalue weighted by Crippen LogP contribution is -2.40. The topological polar surface area (TPSA) is 54.3 Å². The van der Waals surface area contributed by atoms with Crippen molar-refractivity contribution in [2.24, 2.45) is 0 Å². The molecule has 0 saturated carbocycles. The number of likely N-dealkylation sites (N-methyl/N-ethyl adjacent to an activating group) is 1. The number of amides is 1. The normalized spacial score (nSPS) is 11.6. The molecule has 7 heteroatoms. The van der Waals surface area contributed by atoms with Gasteiger partial charge in [-0.1, -0.05) is 31.3 Å². The second kappa shape index (κ2) is 9.05. The average Bonchev–Trinajstić information content (AvgIpc) is 3.25. The zero-order valence-corrected chi connectivity index (χ0v) is 19.1. The predicted octanol–water partition coefficient (Wildman–Crippen LogP) is 4.10. The SMILES string of the molecule is CCN(CC)CCN(C(=O)Cn1nc(C)cc1C)c1nc2c(C)c(C)ccc2s1. The first-order chi connectivity index (χ1) is 13.8. The third-order valence-electron chi connectivity index (χ3n) is 5.53. The molecule has 2 aromatic heterocycles. The molecule has 29 heavy (non-hydrogen) atoms. The van der Waals surface area contributed by atoms with Crippen molar-refractivity contribution in [2.75, 3.05) is 31.1 Å². The number of benzene rings is 1. The molecule has 0 aliphatic carbocycles. The quantitative estimate of drug-likeness (QED) is 0.558. The smallest absolute Gasteiger partial charge is 0.250 e. The van der Waals surface area contributed by atoms with E-state index in [9.17, 15) is 4.79 Å². The monoisotopic (exact) mass is 413 g/mol. The Morgan fingerprint density at radius 3 is 2.45 bits per heavy atom. The number of fused-ring (bicyclic) bond motifs is 1. The summed E-state index contributed by atoms with van der Waals surface area (Å²) < 4.78 is 2.90. The molecule has 1 aromatic carbocycles. The minimum absolute atomic E-state index is 0.0248. The van der Waals surface area contributed by atoms with E-state index in [0.717, 1.165) is 46.4 Å². The molecule has 2 heterocycles. The Hall–Kier alpha value is -2.25. The number of nitrogens with zero attached hydrogens (tertiary/aromatic N) is 5. The van der Waals surface area contributed by atoms with Crippen LogP contribution in [-0.2, 0) is 11.3 Å². The molecule has 3 aromatic rings. The Kier molecular flexibility index (Phi) is 6.70. The van der Waals surface area contributed by atoms with E-state index >= 15 is 0 Å². The lowest BCUT2D eigenvalue weighted by atomic mass is 10.1. The molecule has 1 amide bonds. The van der Waals surface area contributed by atoms with Crippen molar-refractivity contribution >= 4 is 32.6 Å². The summed E-state index contributed by atoms with van der Waals surface area (Å²) >= 11 is 1.59. The van der Waals surface area contributed by atoms with E-state index in [1.54, 1.807) is 16.0 Å². The van der Waals surface area contributed by atoms with Crippen LogP contribution in [0.5, 0.6) is 0 Å². The molecular weight excluding hydrogens is 382 g/mol. The maximum absolute atomic E-state index is 13.3. The standard InChI is InChI=1S/C22H31N5OS/c1-7-25(8-2)11-12-26(20(28)14-27-17(5)13-16(4)24-27)22-23-21-18(6)15(3)9-10-19(21)29-22/h9-10,13H,7-8,11-12,14H2,1-6H3. The molecule has 0 bridgehead atoms. The summed E-state index contributed by atoms with van der Waals surface area (Å²) in [7, 11) is 0. The molecule has 0 aliphatic rings.